The highest BCUT2D eigenvalue weighted by Gasteiger charge is 2.27. The second kappa shape index (κ2) is 8.79. The zero-order valence-electron chi connectivity index (χ0n) is 17.9. The van der Waals surface area contributed by atoms with Gasteiger partial charge in [0, 0.05) is 25.3 Å². The molecule has 2 aliphatic heterocycles. The average molecular weight is 439 g/mol. The molecular weight excluding hydrogens is 413 g/mol. The van der Waals surface area contributed by atoms with Gasteiger partial charge in [-0.25, -0.2) is 14.4 Å². The Labute approximate surface area is 185 Å². The maximum atomic E-state index is 15.1. The van der Waals surface area contributed by atoms with E-state index in [4.69, 9.17) is 9.72 Å². The summed E-state index contributed by atoms with van der Waals surface area (Å²) in [6.45, 7) is 4.53. The van der Waals surface area contributed by atoms with Gasteiger partial charge >= 0.3 is 0 Å². The van der Waals surface area contributed by atoms with Crippen molar-refractivity contribution in [3.63, 3.8) is 0 Å². The first-order valence-corrected chi connectivity index (χ1v) is 10.9. The number of H-pyrrole nitrogens is 1. The van der Waals surface area contributed by atoms with Crippen LogP contribution in [0.1, 0.15) is 24.8 Å². The number of aromatic nitrogens is 5. The van der Waals surface area contributed by atoms with Crippen molar-refractivity contribution in [3.05, 3.63) is 36.0 Å². The number of aliphatic hydroxyl groups excluding tert-OH is 1. The lowest BCUT2D eigenvalue weighted by atomic mass is 9.96. The molecule has 2 aliphatic rings. The molecule has 0 radical (unpaired) electrons. The minimum Gasteiger partial charge on any atom is -0.381 e. The number of benzene rings is 1. The molecule has 9 nitrogen and oxygen atoms in total. The highest BCUT2D eigenvalue weighted by Crippen LogP contribution is 2.34. The monoisotopic (exact) mass is 439 g/mol. The summed E-state index contributed by atoms with van der Waals surface area (Å²) >= 11 is 0. The van der Waals surface area contributed by atoms with E-state index in [0.29, 0.717) is 52.3 Å². The number of rotatable bonds is 5. The van der Waals surface area contributed by atoms with Gasteiger partial charge in [-0.3, -0.25) is 0 Å². The number of anilines is 2. The first-order valence-electron chi connectivity index (χ1n) is 10.9. The maximum absolute atomic E-state index is 15.1. The van der Waals surface area contributed by atoms with Crippen molar-refractivity contribution in [1.82, 2.24) is 25.1 Å². The number of aliphatic hydroxyl groups is 1. The summed E-state index contributed by atoms with van der Waals surface area (Å²) in [6, 6.07) is 3.49. The molecule has 5 rings (SSSR count). The van der Waals surface area contributed by atoms with Crippen LogP contribution in [-0.2, 0) is 4.74 Å². The molecule has 0 saturated carbocycles. The fraction of sp³-hybridized carbons (Fsp3) is 0.455. The molecule has 10 heteroatoms. The number of halogens is 1. The molecule has 0 spiro atoms. The topological polar surface area (TPSA) is 112 Å². The molecule has 0 bridgehead atoms. The Morgan fingerprint density at radius 1 is 1.25 bits per heavy atom. The number of β-amino-alcohol motifs (C(OH)–C–C–N with tert-alkyl or cyclic N) is 1. The first-order chi connectivity index (χ1) is 15.6. The lowest BCUT2D eigenvalue weighted by Crippen LogP contribution is -2.43. The summed E-state index contributed by atoms with van der Waals surface area (Å²) in [7, 11) is 0. The molecule has 32 heavy (non-hydrogen) atoms. The van der Waals surface area contributed by atoms with E-state index >= 15 is 4.39 Å². The predicted octanol–water partition coefficient (Wildman–Crippen LogP) is 2.74. The van der Waals surface area contributed by atoms with Gasteiger partial charge in [-0.05, 0) is 43.7 Å². The first kappa shape index (κ1) is 20.8. The fourth-order valence-electron chi connectivity index (χ4n) is 4.38. The summed E-state index contributed by atoms with van der Waals surface area (Å²) in [5.74, 6) is 1.83. The highest BCUT2D eigenvalue weighted by atomic mass is 19.1. The number of hydrogen-bond donors (Lipinski definition) is 3. The standard InChI is InChI=1S/C22H26FN7O2/c1-13-15(2-3-16(19(13)23)20-25-12-26-29-20)17-10-24-21-22(27-17)30(11-18(31)28-21)7-4-14-5-8-32-9-6-14/h2-3,10,12,14,18,31H,4-9,11H2,1H3,(H,24,28)(H,25,26,29). The molecule has 3 aromatic rings. The second-order valence-corrected chi connectivity index (χ2v) is 8.32. The smallest absolute Gasteiger partial charge is 0.172 e. The van der Waals surface area contributed by atoms with Gasteiger partial charge in [0.05, 0.1) is 24.0 Å². The van der Waals surface area contributed by atoms with Crippen LogP contribution in [0.5, 0.6) is 0 Å². The van der Waals surface area contributed by atoms with Crippen LogP contribution in [0.25, 0.3) is 22.6 Å². The Morgan fingerprint density at radius 2 is 2.06 bits per heavy atom. The second-order valence-electron chi connectivity index (χ2n) is 8.32. The zero-order valence-corrected chi connectivity index (χ0v) is 17.9. The summed E-state index contributed by atoms with van der Waals surface area (Å²) in [5.41, 5.74) is 2.07. The summed E-state index contributed by atoms with van der Waals surface area (Å²) in [6.07, 6.45) is 5.44. The van der Waals surface area contributed by atoms with E-state index in [2.05, 4.69) is 30.4 Å². The van der Waals surface area contributed by atoms with Crippen LogP contribution in [-0.4, -0.2) is 62.8 Å². The minimum absolute atomic E-state index is 0.359. The molecular formula is C22H26FN7O2. The third-order valence-corrected chi connectivity index (χ3v) is 6.23. The Kier molecular flexibility index (Phi) is 5.71. The highest BCUT2D eigenvalue weighted by molar-refractivity contribution is 5.73. The van der Waals surface area contributed by atoms with E-state index in [1.54, 1.807) is 19.2 Å². The molecule has 4 heterocycles. The molecule has 1 saturated heterocycles. The average Bonchev–Trinajstić information content (AvgIpc) is 3.34. The SMILES string of the molecule is Cc1c(-c2cnc3c(n2)N(CCC2CCOCC2)CC(O)N3)ccc(-c2nnc[nH]2)c1F. The Hall–Kier alpha value is -3.11. The van der Waals surface area contributed by atoms with Crippen molar-refractivity contribution >= 4 is 11.6 Å². The minimum atomic E-state index is -0.710. The van der Waals surface area contributed by atoms with Crippen LogP contribution in [0.4, 0.5) is 16.0 Å². The van der Waals surface area contributed by atoms with E-state index < -0.39 is 6.23 Å². The van der Waals surface area contributed by atoms with Gasteiger partial charge in [-0.2, -0.15) is 0 Å². The number of aromatic amines is 1. The Balaban J connectivity index is 1.43. The predicted molar refractivity (Wildman–Crippen MR) is 118 cm³/mol. The van der Waals surface area contributed by atoms with Gasteiger partial charge in [-0.1, -0.05) is 6.07 Å². The molecule has 0 aliphatic carbocycles. The van der Waals surface area contributed by atoms with Crippen LogP contribution in [0, 0.1) is 18.7 Å². The van der Waals surface area contributed by atoms with Crippen molar-refractivity contribution in [2.24, 2.45) is 5.92 Å². The van der Waals surface area contributed by atoms with Crippen LogP contribution >= 0.6 is 0 Å². The normalized spacial score (nSPS) is 19.0. The van der Waals surface area contributed by atoms with E-state index in [0.717, 1.165) is 39.0 Å². The molecule has 3 N–H and O–H groups in total. The summed E-state index contributed by atoms with van der Waals surface area (Å²) in [4.78, 5) is 14.2. The van der Waals surface area contributed by atoms with Crippen LogP contribution in [0.2, 0.25) is 0 Å². The Bertz CT molecular complexity index is 1090. The quantitative estimate of drug-likeness (QED) is 0.556. The van der Waals surface area contributed by atoms with Crippen molar-refractivity contribution in [3.8, 4) is 22.6 Å². The number of nitrogens with one attached hydrogen (secondary N) is 2. The third-order valence-electron chi connectivity index (χ3n) is 6.23. The molecule has 1 unspecified atom stereocenters. The van der Waals surface area contributed by atoms with E-state index in [-0.39, 0.29) is 5.82 Å². The van der Waals surface area contributed by atoms with Crippen LogP contribution < -0.4 is 10.2 Å². The van der Waals surface area contributed by atoms with E-state index in [1.165, 1.54) is 6.33 Å². The zero-order chi connectivity index (χ0) is 22.1. The largest absolute Gasteiger partial charge is 0.381 e. The molecule has 1 fully saturated rings. The van der Waals surface area contributed by atoms with E-state index in [1.807, 2.05) is 6.07 Å². The van der Waals surface area contributed by atoms with Gasteiger partial charge in [0.15, 0.2) is 17.5 Å². The lowest BCUT2D eigenvalue weighted by molar-refractivity contribution is 0.0642. The summed E-state index contributed by atoms with van der Waals surface area (Å²) < 4.78 is 20.6. The fourth-order valence-corrected chi connectivity index (χ4v) is 4.38. The lowest BCUT2D eigenvalue weighted by Gasteiger charge is -2.34. The van der Waals surface area contributed by atoms with Gasteiger partial charge in [0.25, 0.3) is 0 Å². The number of fused-ring (bicyclic) bond motifs is 1. The van der Waals surface area contributed by atoms with Crippen molar-refractivity contribution in [1.29, 1.82) is 0 Å². The van der Waals surface area contributed by atoms with Crippen molar-refractivity contribution in [2.75, 3.05) is 36.5 Å². The van der Waals surface area contributed by atoms with E-state index in [9.17, 15) is 5.11 Å². The number of hydrogen-bond acceptors (Lipinski definition) is 8. The van der Waals surface area contributed by atoms with Crippen LogP contribution in [0.3, 0.4) is 0 Å². The molecule has 2 aromatic heterocycles. The van der Waals surface area contributed by atoms with Gasteiger partial charge in [-0.15, -0.1) is 10.2 Å². The molecule has 0 amide bonds. The third kappa shape index (κ3) is 4.03. The summed E-state index contributed by atoms with van der Waals surface area (Å²) in [5, 5.41) is 20.9. The van der Waals surface area contributed by atoms with Crippen molar-refractivity contribution < 1.29 is 14.2 Å². The van der Waals surface area contributed by atoms with Gasteiger partial charge < -0.3 is 25.0 Å². The Morgan fingerprint density at radius 3 is 2.84 bits per heavy atom. The maximum Gasteiger partial charge on any atom is 0.172 e. The van der Waals surface area contributed by atoms with Gasteiger partial charge in [0.2, 0.25) is 0 Å². The van der Waals surface area contributed by atoms with Gasteiger partial charge in [0.1, 0.15) is 18.4 Å². The van der Waals surface area contributed by atoms with Crippen LogP contribution in [0.15, 0.2) is 24.7 Å². The van der Waals surface area contributed by atoms with Crippen molar-refractivity contribution in [2.45, 2.75) is 32.4 Å². The number of ether oxygens (including phenoxy) is 1. The number of nitrogens with zero attached hydrogens (tertiary/aromatic N) is 5. The molecule has 1 aromatic carbocycles. The molecule has 1 atom stereocenters. The molecule has 168 valence electrons.